The minimum Gasteiger partial charge on any atom is -0.393 e. The molecule has 1 aromatic carbocycles. The SMILES string of the molecule is OC1CCN(c2ccccc2NF)CC1. The monoisotopic (exact) mass is 210 g/mol. The van der Waals surface area contributed by atoms with E-state index in [0.717, 1.165) is 31.6 Å². The van der Waals surface area contributed by atoms with Crippen LogP contribution in [-0.4, -0.2) is 24.3 Å². The van der Waals surface area contributed by atoms with Gasteiger partial charge < -0.3 is 10.0 Å². The molecule has 0 spiro atoms. The lowest BCUT2D eigenvalue weighted by Gasteiger charge is -2.32. The Balaban J connectivity index is 2.15. The van der Waals surface area contributed by atoms with E-state index in [1.165, 1.54) is 0 Å². The van der Waals surface area contributed by atoms with Crippen LogP contribution in [0.1, 0.15) is 12.8 Å². The molecule has 0 bridgehead atoms. The van der Waals surface area contributed by atoms with Crippen LogP contribution in [0, 0.1) is 0 Å². The molecule has 0 aliphatic carbocycles. The van der Waals surface area contributed by atoms with Crippen LogP contribution in [0.5, 0.6) is 0 Å². The standard InChI is InChI=1S/C11H15FN2O/c12-13-10-3-1-2-4-11(10)14-7-5-9(15)6-8-14/h1-4,9,13,15H,5-8H2. The zero-order valence-corrected chi connectivity index (χ0v) is 8.49. The molecular formula is C11H15FN2O. The smallest absolute Gasteiger partial charge is 0.0889 e. The summed E-state index contributed by atoms with van der Waals surface area (Å²) in [7, 11) is 0. The third-order valence-corrected chi connectivity index (χ3v) is 2.81. The van der Waals surface area contributed by atoms with Crippen LogP contribution in [0.2, 0.25) is 0 Å². The van der Waals surface area contributed by atoms with E-state index in [9.17, 15) is 9.59 Å². The molecule has 1 saturated heterocycles. The molecule has 82 valence electrons. The normalized spacial score (nSPS) is 17.9. The van der Waals surface area contributed by atoms with Gasteiger partial charge in [-0.1, -0.05) is 12.1 Å². The molecule has 0 atom stereocenters. The highest BCUT2D eigenvalue weighted by Gasteiger charge is 2.18. The Hall–Kier alpha value is -1.29. The molecule has 1 aliphatic heterocycles. The molecular weight excluding hydrogens is 195 g/mol. The molecule has 1 fully saturated rings. The maximum atomic E-state index is 12.5. The molecule has 4 heteroatoms. The summed E-state index contributed by atoms with van der Waals surface area (Å²) in [5.74, 6) is 0. The molecule has 1 aliphatic rings. The van der Waals surface area contributed by atoms with Crippen LogP contribution in [0.4, 0.5) is 15.9 Å². The molecule has 0 unspecified atom stereocenters. The number of nitrogens with one attached hydrogen (secondary N) is 1. The van der Waals surface area contributed by atoms with Gasteiger partial charge in [0.25, 0.3) is 0 Å². The maximum Gasteiger partial charge on any atom is 0.0889 e. The van der Waals surface area contributed by atoms with Gasteiger partial charge in [-0.15, -0.1) is 4.48 Å². The Morgan fingerprint density at radius 2 is 1.93 bits per heavy atom. The largest absolute Gasteiger partial charge is 0.393 e. The first kappa shape index (κ1) is 10.2. The van der Waals surface area contributed by atoms with Gasteiger partial charge in [-0.25, -0.2) is 5.54 Å². The Kier molecular flexibility index (Phi) is 3.06. The fraction of sp³-hybridized carbons (Fsp3) is 0.455. The molecule has 0 aromatic heterocycles. The average Bonchev–Trinajstić information content (AvgIpc) is 2.30. The second-order valence-corrected chi connectivity index (χ2v) is 3.83. The predicted molar refractivity (Wildman–Crippen MR) is 58.6 cm³/mol. The summed E-state index contributed by atoms with van der Waals surface area (Å²) in [6.45, 7) is 1.56. The lowest BCUT2D eigenvalue weighted by Crippen LogP contribution is -2.36. The second-order valence-electron chi connectivity index (χ2n) is 3.83. The van der Waals surface area contributed by atoms with Crippen molar-refractivity contribution in [2.75, 3.05) is 23.5 Å². The van der Waals surface area contributed by atoms with Crippen molar-refractivity contribution in [1.29, 1.82) is 0 Å². The fourth-order valence-electron chi connectivity index (χ4n) is 1.94. The molecule has 0 saturated carbocycles. The highest BCUT2D eigenvalue weighted by Crippen LogP contribution is 2.28. The first-order valence-corrected chi connectivity index (χ1v) is 5.20. The number of hydrogen-bond acceptors (Lipinski definition) is 3. The topological polar surface area (TPSA) is 35.5 Å². The zero-order chi connectivity index (χ0) is 10.7. The third-order valence-electron chi connectivity index (χ3n) is 2.81. The van der Waals surface area contributed by atoms with Gasteiger partial charge in [0.2, 0.25) is 0 Å². The van der Waals surface area contributed by atoms with Crippen molar-refractivity contribution in [1.82, 2.24) is 0 Å². The predicted octanol–water partition coefficient (Wildman–Crippen LogP) is 1.94. The van der Waals surface area contributed by atoms with Crippen molar-refractivity contribution in [2.24, 2.45) is 0 Å². The van der Waals surface area contributed by atoms with Gasteiger partial charge in [0.05, 0.1) is 17.5 Å². The minimum absolute atomic E-state index is 0.202. The molecule has 2 N–H and O–H groups in total. The van der Waals surface area contributed by atoms with Crippen LogP contribution >= 0.6 is 0 Å². The van der Waals surface area contributed by atoms with Crippen LogP contribution < -0.4 is 10.4 Å². The molecule has 2 rings (SSSR count). The van der Waals surface area contributed by atoms with Crippen LogP contribution in [0.25, 0.3) is 0 Å². The van der Waals surface area contributed by atoms with Crippen LogP contribution in [0.3, 0.4) is 0 Å². The van der Waals surface area contributed by atoms with Gasteiger partial charge >= 0.3 is 0 Å². The number of aliphatic hydroxyl groups is 1. The Morgan fingerprint density at radius 1 is 1.27 bits per heavy atom. The minimum atomic E-state index is -0.202. The number of nitrogens with zero attached hydrogens (tertiary/aromatic N) is 1. The lowest BCUT2D eigenvalue weighted by molar-refractivity contribution is 0.145. The van der Waals surface area contributed by atoms with Gasteiger partial charge in [-0.3, -0.25) is 0 Å². The summed E-state index contributed by atoms with van der Waals surface area (Å²) < 4.78 is 12.5. The number of anilines is 2. The van der Waals surface area contributed by atoms with Crippen molar-refractivity contribution in [3.63, 3.8) is 0 Å². The molecule has 0 radical (unpaired) electrons. The molecule has 15 heavy (non-hydrogen) atoms. The number of halogens is 1. The zero-order valence-electron chi connectivity index (χ0n) is 8.49. The van der Waals surface area contributed by atoms with Gasteiger partial charge in [-0.2, -0.15) is 0 Å². The maximum absolute atomic E-state index is 12.5. The Bertz CT molecular complexity index is 324. The van der Waals surface area contributed by atoms with E-state index < -0.39 is 0 Å². The number of piperidine rings is 1. The van der Waals surface area contributed by atoms with Crippen LogP contribution in [0.15, 0.2) is 24.3 Å². The van der Waals surface area contributed by atoms with E-state index in [2.05, 4.69) is 4.90 Å². The average molecular weight is 210 g/mol. The molecule has 1 heterocycles. The highest BCUT2D eigenvalue weighted by molar-refractivity contribution is 5.69. The van der Waals surface area contributed by atoms with E-state index in [1.807, 2.05) is 12.1 Å². The first-order valence-electron chi connectivity index (χ1n) is 5.20. The fourth-order valence-corrected chi connectivity index (χ4v) is 1.94. The molecule has 1 aromatic rings. The molecule has 0 amide bonds. The van der Waals surface area contributed by atoms with Crippen molar-refractivity contribution < 1.29 is 9.59 Å². The second kappa shape index (κ2) is 4.49. The van der Waals surface area contributed by atoms with E-state index >= 15 is 0 Å². The Labute approximate surface area is 88.5 Å². The highest BCUT2D eigenvalue weighted by atomic mass is 19.2. The first-order chi connectivity index (χ1) is 7.31. The van der Waals surface area contributed by atoms with Crippen LogP contribution in [-0.2, 0) is 0 Å². The van der Waals surface area contributed by atoms with Crippen molar-refractivity contribution in [3.05, 3.63) is 24.3 Å². The van der Waals surface area contributed by atoms with Gasteiger partial charge in [-0.05, 0) is 25.0 Å². The van der Waals surface area contributed by atoms with Crippen molar-refractivity contribution in [3.8, 4) is 0 Å². The van der Waals surface area contributed by atoms with E-state index in [0.29, 0.717) is 5.69 Å². The number of benzene rings is 1. The van der Waals surface area contributed by atoms with Gasteiger partial charge in [0, 0.05) is 13.1 Å². The number of rotatable bonds is 2. The van der Waals surface area contributed by atoms with Gasteiger partial charge in [0.15, 0.2) is 0 Å². The number of aliphatic hydroxyl groups excluding tert-OH is 1. The number of hydrogen-bond donors (Lipinski definition) is 2. The third kappa shape index (κ3) is 2.21. The summed E-state index contributed by atoms with van der Waals surface area (Å²) in [5.41, 5.74) is 3.06. The van der Waals surface area contributed by atoms with E-state index in [1.54, 1.807) is 17.7 Å². The summed E-state index contributed by atoms with van der Waals surface area (Å²) in [4.78, 5) is 2.09. The number of para-hydroxylation sites is 2. The molecule has 3 nitrogen and oxygen atoms in total. The van der Waals surface area contributed by atoms with Crippen molar-refractivity contribution in [2.45, 2.75) is 18.9 Å². The summed E-state index contributed by atoms with van der Waals surface area (Å²) in [5, 5.41) is 9.38. The summed E-state index contributed by atoms with van der Waals surface area (Å²) >= 11 is 0. The van der Waals surface area contributed by atoms with Gasteiger partial charge in [0.1, 0.15) is 0 Å². The van der Waals surface area contributed by atoms with E-state index in [4.69, 9.17) is 0 Å². The summed E-state index contributed by atoms with van der Waals surface area (Å²) in [6, 6.07) is 7.28. The summed E-state index contributed by atoms with van der Waals surface area (Å²) in [6.07, 6.45) is 1.30. The lowest BCUT2D eigenvalue weighted by atomic mass is 10.1. The Morgan fingerprint density at radius 3 is 2.60 bits per heavy atom. The quantitative estimate of drug-likeness (QED) is 0.732. The van der Waals surface area contributed by atoms with Crippen molar-refractivity contribution >= 4 is 11.4 Å². The van der Waals surface area contributed by atoms with E-state index in [-0.39, 0.29) is 6.10 Å².